The lowest BCUT2D eigenvalue weighted by atomic mass is 10.1. The highest BCUT2D eigenvalue weighted by Gasteiger charge is 2.27. The number of carbonyl (C=O) groups is 1. The average Bonchev–Trinajstić information content (AvgIpc) is 2.82. The molecule has 11 nitrogen and oxygen atoms in total. The van der Waals surface area contributed by atoms with E-state index >= 15 is 0 Å². The van der Waals surface area contributed by atoms with Crippen molar-refractivity contribution in [2.75, 3.05) is 66.3 Å². The number of amides is 1. The fourth-order valence-electron chi connectivity index (χ4n) is 3.80. The van der Waals surface area contributed by atoms with Gasteiger partial charge >= 0.3 is 0 Å². The van der Waals surface area contributed by atoms with Gasteiger partial charge in [0.15, 0.2) is 5.82 Å². The highest BCUT2D eigenvalue weighted by molar-refractivity contribution is 5.99. The van der Waals surface area contributed by atoms with Gasteiger partial charge in [-0.05, 0) is 43.4 Å². The van der Waals surface area contributed by atoms with Gasteiger partial charge in [0.05, 0.1) is 23.6 Å². The number of halogens is 2. The van der Waals surface area contributed by atoms with Crippen LogP contribution in [0.15, 0.2) is 42.5 Å². The zero-order chi connectivity index (χ0) is 25.8. The normalized spacial score (nSPS) is 14.1. The summed E-state index contributed by atoms with van der Waals surface area (Å²) in [6, 6.07) is 9.42. The lowest BCUT2D eigenvalue weighted by Gasteiger charge is -2.33. The maximum Gasteiger partial charge on any atom is 0.241 e. The van der Waals surface area contributed by atoms with Crippen molar-refractivity contribution < 1.29 is 18.8 Å². The molecule has 5 N–H and O–H groups in total. The summed E-state index contributed by atoms with van der Waals surface area (Å²) in [6.45, 7) is 2.04. The van der Waals surface area contributed by atoms with Crippen LogP contribution >= 0.6 is 0 Å². The fourth-order valence-corrected chi connectivity index (χ4v) is 3.80. The van der Waals surface area contributed by atoms with Crippen molar-refractivity contribution >= 4 is 34.7 Å². The fraction of sp³-hybridized carbons (Fsp3) is 0.261. The Morgan fingerprint density at radius 2 is 1.78 bits per heavy atom. The number of likely N-dealkylation sites (N-methyl/N-ethyl adjacent to an activating group) is 1. The van der Waals surface area contributed by atoms with Crippen LogP contribution in [0.5, 0.6) is 0 Å². The summed E-state index contributed by atoms with van der Waals surface area (Å²) >= 11 is 0. The molecule has 0 radical (unpaired) electrons. The van der Waals surface area contributed by atoms with E-state index in [1.54, 1.807) is 17.0 Å². The number of piperazine rings is 1. The van der Waals surface area contributed by atoms with Gasteiger partial charge < -0.3 is 31.7 Å². The van der Waals surface area contributed by atoms with Crippen LogP contribution in [0, 0.1) is 16.8 Å². The van der Waals surface area contributed by atoms with E-state index in [-0.39, 0.29) is 40.4 Å². The smallest absolute Gasteiger partial charge is 0.241 e. The SMILES string of the molecule is CN1CCN(c2ccc(NCCNc3ccc(N([O-])O)c(N)n3)nc2-c2ccc(F)cc2F)C(=O)C1. The van der Waals surface area contributed by atoms with Crippen LogP contribution in [0.4, 0.5) is 37.6 Å². The van der Waals surface area contributed by atoms with Crippen LogP contribution in [-0.2, 0) is 4.79 Å². The van der Waals surface area contributed by atoms with Gasteiger partial charge in [0.1, 0.15) is 23.3 Å². The molecule has 0 bridgehead atoms. The maximum atomic E-state index is 14.7. The number of aromatic nitrogens is 2. The number of benzene rings is 1. The first kappa shape index (κ1) is 25.0. The van der Waals surface area contributed by atoms with Crippen molar-refractivity contribution in [3.8, 4) is 11.3 Å². The molecule has 0 aliphatic carbocycles. The summed E-state index contributed by atoms with van der Waals surface area (Å²) in [4.78, 5) is 24.7. The van der Waals surface area contributed by atoms with E-state index in [1.165, 1.54) is 18.2 Å². The lowest BCUT2D eigenvalue weighted by Crippen LogP contribution is -2.49. The van der Waals surface area contributed by atoms with E-state index in [1.807, 2.05) is 11.9 Å². The zero-order valence-corrected chi connectivity index (χ0v) is 19.4. The topological polar surface area (TPSA) is 146 Å². The van der Waals surface area contributed by atoms with Gasteiger partial charge in [0.25, 0.3) is 0 Å². The lowest BCUT2D eigenvalue weighted by molar-refractivity contribution is -0.120. The first-order chi connectivity index (χ1) is 17.2. The first-order valence-electron chi connectivity index (χ1n) is 11.1. The largest absolute Gasteiger partial charge is 0.733 e. The van der Waals surface area contributed by atoms with Crippen molar-refractivity contribution in [2.45, 2.75) is 0 Å². The molecule has 1 fully saturated rings. The van der Waals surface area contributed by atoms with Crippen molar-refractivity contribution in [2.24, 2.45) is 0 Å². The molecule has 36 heavy (non-hydrogen) atoms. The monoisotopic (exact) mass is 499 g/mol. The molecule has 0 unspecified atom stereocenters. The number of anilines is 5. The summed E-state index contributed by atoms with van der Waals surface area (Å²) in [5, 5.41) is 25.7. The number of rotatable bonds is 8. The Kier molecular flexibility index (Phi) is 7.43. The molecule has 3 aromatic rings. The van der Waals surface area contributed by atoms with Crippen LogP contribution in [0.2, 0.25) is 0 Å². The predicted octanol–water partition coefficient (Wildman–Crippen LogP) is 2.50. The second kappa shape index (κ2) is 10.7. The zero-order valence-electron chi connectivity index (χ0n) is 19.4. The summed E-state index contributed by atoms with van der Waals surface area (Å²) in [5.41, 5.74) is 6.22. The van der Waals surface area contributed by atoms with Gasteiger partial charge in [-0.2, -0.15) is 0 Å². The minimum Gasteiger partial charge on any atom is -0.733 e. The Morgan fingerprint density at radius 1 is 1.08 bits per heavy atom. The predicted molar refractivity (Wildman–Crippen MR) is 133 cm³/mol. The van der Waals surface area contributed by atoms with Crippen LogP contribution in [0.25, 0.3) is 11.3 Å². The average molecular weight is 500 g/mol. The quantitative estimate of drug-likeness (QED) is 0.269. The second-order valence-corrected chi connectivity index (χ2v) is 8.20. The maximum absolute atomic E-state index is 14.7. The number of carbonyl (C=O) groups excluding carboxylic acids is 1. The number of nitrogens with one attached hydrogen (secondary N) is 2. The molecule has 2 aromatic heterocycles. The molecule has 0 atom stereocenters. The molecule has 0 saturated carbocycles. The molecular weight excluding hydrogens is 474 g/mol. The van der Waals surface area contributed by atoms with Gasteiger partial charge in [-0.1, -0.05) is 0 Å². The molecule has 4 rings (SSSR count). The number of nitrogens with zero attached hydrogens (tertiary/aromatic N) is 5. The van der Waals surface area contributed by atoms with E-state index in [0.29, 0.717) is 43.5 Å². The Balaban J connectivity index is 1.51. The number of nitrogen functional groups attached to an aromatic ring is 1. The Morgan fingerprint density at radius 3 is 2.42 bits per heavy atom. The number of pyridine rings is 2. The molecule has 190 valence electrons. The van der Waals surface area contributed by atoms with Crippen molar-refractivity contribution in [3.05, 3.63) is 59.3 Å². The van der Waals surface area contributed by atoms with Gasteiger partial charge in [0.2, 0.25) is 5.91 Å². The third-order valence-corrected chi connectivity index (χ3v) is 5.61. The Hall–Kier alpha value is -4.07. The van der Waals surface area contributed by atoms with Crippen molar-refractivity contribution in [3.63, 3.8) is 0 Å². The van der Waals surface area contributed by atoms with E-state index in [0.717, 1.165) is 12.1 Å². The molecular formula is C23H25F2N8O3-. The van der Waals surface area contributed by atoms with Gasteiger partial charge in [-0.3, -0.25) is 14.9 Å². The van der Waals surface area contributed by atoms with Gasteiger partial charge in [-0.15, -0.1) is 0 Å². The standard InChI is InChI=1S/C23H25F2N8O3/c1-31-10-11-32(21(34)13-31)17-4-6-19(29-22(17)15-3-2-14(24)12-16(15)25)27-8-9-28-20-7-5-18(33(35)36)23(26)30-20/h2-7,12,35H,8-11,13H2,1H3,(H,27,29)(H3,26,28,30)/q-1. The summed E-state index contributed by atoms with van der Waals surface area (Å²) in [6.07, 6.45) is 0. The van der Waals surface area contributed by atoms with Crippen molar-refractivity contribution in [1.29, 1.82) is 0 Å². The van der Waals surface area contributed by atoms with Crippen LogP contribution < -0.4 is 26.5 Å². The summed E-state index contributed by atoms with van der Waals surface area (Å²) in [5.74, 6) is -0.948. The van der Waals surface area contributed by atoms with Gasteiger partial charge in [0, 0.05) is 37.8 Å². The molecule has 1 aromatic carbocycles. The highest BCUT2D eigenvalue weighted by Crippen LogP contribution is 2.33. The molecule has 1 saturated heterocycles. The van der Waals surface area contributed by atoms with Crippen molar-refractivity contribution in [1.82, 2.24) is 14.9 Å². The molecule has 13 heteroatoms. The molecule has 1 aliphatic heterocycles. The summed E-state index contributed by atoms with van der Waals surface area (Å²) < 4.78 is 28.2. The summed E-state index contributed by atoms with van der Waals surface area (Å²) in [7, 11) is 1.85. The Labute approximate surface area is 205 Å². The highest BCUT2D eigenvalue weighted by atomic mass is 19.1. The van der Waals surface area contributed by atoms with Crippen LogP contribution in [0.1, 0.15) is 0 Å². The van der Waals surface area contributed by atoms with Crippen LogP contribution in [0.3, 0.4) is 0 Å². The molecule has 1 amide bonds. The van der Waals surface area contributed by atoms with Crippen LogP contribution in [-0.4, -0.2) is 65.8 Å². The molecule has 0 spiro atoms. The minimum absolute atomic E-state index is 0.0796. The number of hydrogen-bond donors (Lipinski definition) is 4. The van der Waals surface area contributed by atoms with E-state index in [9.17, 15) is 18.8 Å². The third kappa shape index (κ3) is 5.59. The molecule has 3 heterocycles. The van der Waals surface area contributed by atoms with E-state index in [2.05, 4.69) is 20.6 Å². The number of hydrogen-bond acceptors (Lipinski definition) is 10. The number of nitrogens with two attached hydrogens (primary N) is 1. The van der Waals surface area contributed by atoms with E-state index < -0.39 is 11.6 Å². The first-order valence-corrected chi connectivity index (χ1v) is 11.1. The Bertz CT molecular complexity index is 1260. The van der Waals surface area contributed by atoms with Gasteiger partial charge in [-0.25, -0.2) is 18.7 Å². The third-order valence-electron chi connectivity index (χ3n) is 5.61. The minimum atomic E-state index is -0.782. The van der Waals surface area contributed by atoms with E-state index in [4.69, 9.17) is 10.9 Å². The molecule has 1 aliphatic rings. The second-order valence-electron chi connectivity index (χ2n) is 8.20.